The van der Waals surface area contributed by atoms with Crippen LogP contribution in [-0.4, -0.2) is 22.4 Å². The van der Waals surface area contributed by atoms with Gasteiger partial charge in [-0.2, -0.15) is 5.10 Å². The summed E-state index contributed by atoms with van der Waals surface area (Å²) in [4.78, 5) is 11.9. The summed E-state index contributed by atoms with van der Waals surface area (Å²) >= 11 is 8.15. The van der Waals surface area contributed by atoms with Crippen LogP contribution in [-0.2, 0) is 18.3 Å². The third-order valence-corrected chi connectivity index (χ3v) is 4.06. The van der Waals surface area contributed by atoms with E-state index in [9.17, 15) is 4.79 Å². The summed E-state index contributed by atoms with van der Waals surface area (Å²) in [7, 11) is 1.80. The monoisotopic (exact) mass is 419 g/mol. The van der Waals surface area contributed by atoms with Crippen molar-refractivity contribution < 1.29 is 9.53 Å². The van der Waals surface area contributed by atoms with E-state index in [0.717, 1.165) is 15.0 Å². The number of halogens is 2. The second kappa shape index (κ2) is 7.13. The molecule has 0 bridgehead atoms. The molecule has 0 aliphatic carbocycles. The van der Waals surface area contributed by atoms with Crippen LogP contribution in [0.25, 0.3) is 0 Å². The fraction of sp³-hybridized carbons (Fsp3) is 0.286. The topological polar surface area (TPSA) is 56.1 Å². The van der Waals surface area contributed by atoms with Crippen LogP contribution in [0, 0.1) is 3.57 Å². The van der Waals surface area contributed by atoms with Crippen molar-refractivity contribution in [1.82, 2.24) is 9.78 Å². The van der Waals surface area contributed by atoms with Gasteiger partial charge in [0.15, 0.2) is 0 Å². The number of esters is 1. The maximum atomic E-state index is 11.9. The van der Waals surface area contributed by atoms with Crippen molar-refractivity contribution in [2.45, 2.75) is 13.5 Å². The van der Waals surface area contributed by atoms with Gasteiger partial charge in [-0.3, -0.25) is 4.68 Å². The Morgan fingerprint density at radius 3 is 2.95 bits per heavy atom. The minimum Gasteiger partial charge on any atom is -0.462 e. The molecular formula is C14H15ClIN3O2. The maximum Gasteiger partial charge on any atom is 0.341 e. The zero-order valence-electron chi connectivity index (χ0n) is 11.7. The van der Waals surface area contributed by atoms with Crippen LogP contribution in [0.3, 0.4) is 0 Å². The molecule has 0 aliphatic rings. The first-order valence-corrected chi connectivity index (χ1v) is 7.85. The number of aryl methyl sites for hydroxylation is 1. The first kappa shape index (κ1) is 16.1. The second-order valence-corrected chi connectivity index (χ2v) is 5.93. The van der Waals surface area contributed by atoms with E-state index in [1.807, 2.05) is 18.2 Å². The van der Waals surface area contributed by atoms with E-state index in [1.54, 1.807) is 18.7 Å². The van der Waals surface area contributed by atoms with Gasteiger partial charge in [0.1, 0.15) is 5.56 Å². The van der Waals surface area contributed by atoms with Crippen LogP contribution in [0.5, 0.6) is 0 Å². The second-order valence-electron chi connectivity index (χ2n) is 4.33. The first-order valence-electron chi connectivity index (χ1n) is 6.39. The van der Waals surface area contributed by atoms with Crippen molar-refractivity contribution in [1.29, 1.82) is 0 Å². The molecule has 5 nitrogen and oxygen atoms in total. The lowest BCUT2D eigenvalue weighted by molar-refractivity contribution is 0.0525. The van der Waals surface area contributed by atoms with Gasteiger partial charge in [-0.05, 0) is 47.7 Å². The van der Waals surface area contributed by atoms with Gasteiger partial charge in [-0.1, -0.05) is 11.6 Å². The first-order chi connectivity index (χ1) is 10.0. The Labute approximate surface area is 141 Å². The molecule has 0 unspecified atom stereocenters. The average Bonchev–Trinajstić information content (AvgIpc) is 2.79. The van der Waals surface area contributed by atoms with E-state index in [4.69, 9.17) is 16.3 Å². The highest BCUT2D eigenvalue weighted by atomic mass is 127. The molecule has 0 atom stereocenters. The summed E-state index contributed by atoms with van der Waals surface area (Å²) in [6.07, 6.45) is 1.53. The van der Waals surface area contributed by atoms with Crippen molar-refractivity contribution in [2.75, 3.05) is 11.9 Å². The third kappa shape index (κ3) is 3.88. The molecule has 0 radical (unpaired) electrons. The van der Waals surface area contributed by atoms with E-state index in [0.29, 0.717) is 23.7 Å². The molecule has 0 aliphatic heterocycles. The molecule has 0 saturated carbocycles. The zero-order chi connectivity index (χ0) is 15.4. The van der Waals surface area contributed by atoms with Crippen molar-refractivity contribution >= 4 is 45.8 Å². The van der Waals surface area contributed by atoms with Crippen LogP contribution in [0.4, 0.5) is 5.69 Å². The minimum atomic E-state index is -0.354. The lowest BCUT2D eigenvalue weighted by Gasteiger charge is -2.10. The van der Waals surface area contributed by atoms with Crippen LogP contribution in [0.15, 0.2) is 24.4 Å². The number of ether oxygens (including phenoxy) is 1. The molecular weight excluding hydrogens is 405 g/mol. The number of anilines is 1. The molecule has 0 spiro atoms. The number of nitrogens with zero attached hydrogens (tertiary/aromatic N) is 2. The Morgan fingerprint density at radius 1 is 1.52 bits per heavy atom. The SMILES string of the molecule is CCOC(=O)c1cnn(C)c1CNc1ccc(Cl)cc1I. The molecule has 1 aromatic carbocycles. The van der Waals surface area contributed by atoms with Crippen molar-refractivity contribution in [3.05, 3.63) is 44.2 Å². The van der Waals surface area contributed by atoms with E-state index >= 15 is 0 Å². The molecule has 1 heterocycles. The third-order valence-electron chi connectivity index (χ3n) is 2.93. The molecule has 112 valence electrons. The Balaban J connectivity index is 2.16. The van der Waals surface area contributed by atoms with Crippen LogP contribution >= 0.6 is 34.2 Å². The number of carbonyl (C=O) groups excluding carboxylic acids is 1. The quantitative estimate of drug-likeness (QED) is 0.596. The molecule has 21 heavy (non-hydrogen) atoms. The highest BCUT2D eigenvalue weighted by molar-refractivity contribution is 14.1. The van der Waals surface area contributed by atoms with Crippen LogP contribution in [0.1, 0.15) is 23.0 Å². The van der Waals surface area contributed by atoms with Crippen LogP contribution in [0.2, 0.25) is 5.02 Å². The predicted octanol–water partition coefficient (Wildman–Crippen LogP) is 3.47. The lowest BCUT2D eigenvalue weighted by atomic mass is 10.2. The fourth-order valence-electron chi connectivity index (χ4n) is 1.86. The largest absolute Gasteiger partial charge is 0.462 e. The number of nitrogens with one attached hydrogen (secondary N) is 1. The summed E-state index contributed by atoms with van der Waals surface area (Å²) in [6, 6.07) is 5.60. The smallest absolute Gasteiger partial charge is 0.341 e. The number of aromatic nitrogens is 2. The highest BCUT2D eigenvalue weighted by Crippen LogP contribution is 2.23. The number of benzene rings is 1. The van der Waals surface area contributed by atoms with Gasteiger partial charge in [-0.25, -0.2) is 4.79 Å². The van der Waals surface area contributed by atoms with Crippen LogP contribution < -0.4 is 5.32 Å². The van der Waals surface area contributed by atoms with E-state index in [1.165, 1.54) is 6.20 Å². The highest BCUT2D eigenvalue weighted by Gasteiger charge is 2.17. The molecule has 2 rings (SSSR count). The predicted molar refractivity (Wildman–Crippen MR) is 90.7 cm³/mol. The van der Waals surface area contributed by atoms with Gasteiger partial charge in [0, 0.05) is 21.3 Å². The number of rotatable bonds is 5. The molecule has 1 N–H and O–H groups in total. The van der Waals surface area contributed by atoms with Gasteiger partial charge in [0.25, 0.3) is 0 Å². The standard InChI is InChI=1S/C14H15ClIN3O2/c1-3-21-14(20)10-7-18-19(2)13(10)8-17-12-5-4-9(15)6-11(12)16/h4-7,17H,3,8H2,1-2H3. The summed E-state index contributed by atoms with van der Waals surface area (Å²) in [6.45, 7) is 2.60. The van der Waals surface area contributed by atoms with Gasteiger partial charge in [-0.15, -0.1) is 0 Å². The maximum absolute atomic E-state index is 11.9. The Bertz CT molecular complexity index is 658. The Morgan fingerprint density at radius 2 is 2.29 bits per heavy atom. The van der Waals surface area contributed by atoms with Gasteiger partial charge < -0.3 is 10.1 Å². The summed E-state index contributed by atoms with van der Waals surface area (Å²) in [5.41, 5.74) is 2.21. The minimum absolute atomic E-state index is 0.343. The van der Waals surface area contributed by atoms with Crippen molar-refractivity contribution in [3.8, 4) is 0 Å². The van der Waals surface area contributed by atoms with E-state index in [2.05, 4.69) is 33.0 Å². The van der Waals surface area contributed by atoms with Gasteiger partial charge >= 0.3 is 5.97 Å². The molecule has 0 amide bonds. The van der Waals surface area contributed by atoms with Gasteiger partial charge in [0.05, 0.1) is 25.0 Å². The number of hydrogen-bond acceptors (Lipinski definition) is 4. The molecule has 1 aromatic heterocycles. The molecule has 7 heteroatoms. The van der Waals surface area contributed by atoms with E-state index < -0.39 is 0 Å². The molecule has 0 fully saturated rings. The normalized spacial score (nSPS) is 10.5. The summed E-state index contributed by atoms with van der Waals surface area (Å²) in [5.74, 6) is -0.354. The Hall–Kier alpha value is -1.28. The van der Waals surface area contributed by atoms with E-state index in [-0.39, 0.29) is 5.97 Å². The van der Waals surface area contributed by atoms with Crippen molar-refractivity contribution in [3.63, 3.8) is 0 Å². The van der Waals surface area contributed by atoms with Crippen molar-refractivity contribution in [2.24, 2.45) is 7.05 Å². The lowest BCUT2D eigenvalue weighted by Crippen LogP contribution is -2.12. The summed E-state index contributed by atoms with van der Waals surface area (Å²) in [5, 5.41) is 8.10. The summed E-state index contributed by atoms with van der Waals surface area (Å²) < 4.78 is 7.72. The van der Waals surface area contributed by atoms with Gasteiger partial charge in [0.2, 0.25) is 0 Å². The number of hydrogen-bond donors (Lipinski definition) is 1. The molecule has 2 aromatic rings. The average molecular weight is 420 g/mol. The number of carbonyl (C=O) groups is 1. The Kier molecular flexibility index (Phi) is 5.46. The zero-order valence-corrected chi connectivity index (χ0v) is 14.6. The fourth-order valence-corrected chi connectivity index (χ4v) is 2.93. The molecule has 0 saturated heterocycles.